The summed E-state index contributed by atoms with van der Waals surface area (Å²) < 4.78 is 18.2. The summed E-state index contributed by atoms with van der Waals surface area (Å²) in [5.74, 6) is -0.249. The molecule has 1 amide bonds. The Labute approximate surface area is 175 Å². The summed E-state index contributed by atoms with van der Waals surface area (Å²) in [6.45, 7) is 2.93. The van der Waals surface area contributed by atoms with Gasteiger partial charge in [-0.1, -0.05) is 35.5 Å². The van der Waals surface area contributed by atoms with Gasteiger partial charge in [0, 0.05) is 43.2 Å². The van der Waals surface area contributed by atoms with Gasteiger partial charge in [0.1, 0.15) is 17.8 Å². The van der Waals surface area contributed by atoms with Crippen LogP contribution < -0.4 is 5.32 Å². The van der Waals surface area contributed by atoms with Gasteiger partial charge in [0.25, 0.3) is 0 Å². The fourth-order valence-corrected chi connectivity index (χ4v) is 3.91. The van der Waals surface area contributed by atoms with E-state index in [0.717, 1.165) is 43.6 Å². The van der Waals surface area contributed by atoms with Crippen molar-refractivity contribution in [2.24, 2.45) is 0 Å². The average Bonchev–Trinajstić information content (AvgIpc) is 3.24. The van der Waals surface area contributed by atoms with Gasteiger partial charge in [-0.15, -0.1) is 0 Å². The number of hydrogen-bond acceptors (Lipinski definition) is 4. The van der Waals surface area contributed by atoms with Crippen LogP contribution in [0.1, 0.15) is 30.4 Å². The highest BCUT2D eigenvalue weighted by atomic mass is 19.1. The van der Waals surface area contributed by atoms with E-state index >= 15 is 0 Å². The summed E-state index contributed by atoms with van der Waals surface area (Å²) in [5, 5.41) is 7.18. The van der Waals surface area contributed by atoms with Crippen LogP contribution in [0.5, 0.6) is 0 Å². The minimum Gasteiger partial charge on any atom is -0.364 e. The summed E-state index contributed by atoms with van der Waals surface area (Å²) >= 11 is 0. The number of aryl methyl sites for hydroxylation is 1. The van der Waals surface area contributed by atoms with Crippen LogP contribution in [0, 0.1) is 5.82 Å². The monoisotopic (exact) mass is 407 g/mol. The largest absolute Gasteiger partial charge is 0.364 e. The first-order valence-electron chi connectivity index (χ1n) is 10.4. The minimum atomic E-state index is -0.294. The van der Waals surface area contributed by atoms with Gasteiger partial charge in [-0.25, -0.2) is 4.39 Å². The fourth-order valence-electron chi connectivity index (χ4n) is 3.91. The van der Waals surface area contributed by atoms with E-state index in [1.54, 1.807) is 18.4 Å². The van der Waals surface area contributed by atoms with E-state index in [1.165, 1.54) is 17.7 Å². The molecular formula is C24H26FN3O2. The number of piperidine rings is 1. The van der Waals surface area contributed by atoms with E-state index in [0.29, 0.717) is 18.5 Å². The number of amides is 1. The molecule has 1 aliphatic rings. The van der Waals surface area contributed by atoms with Gasteiger partial charge in [-0.05, 0) is 49.1 Å². The normalized spacial score (nSPS) is 15.2. The average molecular weight is 407 g/mol. The highest BCUT2D eigenvalue weighted by Crippen LogP contribution is 2.23. The first-order chi connectivity index (χ1) is 14.7. The van der Waals surface area contributed by atoms with E-state index in [4.69, 9.17) is 4.52 Å². The molecule has 5 nitrogen and oxygen atoms in total. The maximum atomic E-state index is 13.1. The maximum Gasteiger partial charge on any atom is 0.220 e. The maximum absolute atomic E-state index is 13.1. The summed E-state index contributed by atoms with van der Waals surface area (Å²) in [6.07, 6.45) is 4.40. The quantitative estimate of drug-likeness (QED) is 0.638. The molecule has 1 saturated heterocycles. The van der Waals surface area contributed by atoms with Gasteiger partial charge >= 0.3 is 0 Å². The highest BCUT2D eigenvalue weighted by Gasteiger charge is 2.21. The molecule has 1 aliphatic heterocycles. The number of carbonyl (C=O) groups is 1. The molecule has 156 valence electrons. The van der Waals surface area contributed by atoms with Crippen molar-refractivity contribution in [2.45, 2.75) is 38.3 Å². The van der Waals surface area contributed by atoms with Crippen LogP contribution in [-0.4, -0.2) is 35.1 Å². The van der Waals surface area contributed by atoms with Crippen LogP contribution >= 0.6 is 0 Å². The predicted octanol–water partition coefficient (Wildman–Crippen LogP) is 4.19. The van der Waals surface area contributed by atoms with Crippen LogP contribution in [0.25, 0.3) is 11.3 Å². The Kier molecular flexibility index (Phi) is 6.54. The number of halogens is 1. The second kappa shape index (κ2) is 9.67. The van der Waals surface area contributed by atoms with Gasteiger partial charge < -0.3 is 9.84 Å². The fraction of sp³-hybridized carbons (Fsp3) is 0.333. The van der Waals surface area contributed by atoms with Gasteiger partial charge in [0.05, 0.1) is 0 Å². The molecule has 0 unspecified atom stereocenters. The molecule has 0 saturated carbocycles. The topological polar surface area (TPSA) is 58.4 Å². The van der Waals surface area contributed by atoms with Crippen molar-refractivity contribution in [1.82, 2.24) is 15.4 Å². The van der Waals surface area contributed by atoms with Crippen molar-refractivity contribution in [3.8, 4) is 11.3 Å². The molecule has 1 fully saturated rings. The third-order valence-corrected chi connectivity index (χ3v) is 5.58. The zero-order valence-electron chi connectivity index (χ0n) is 16.9. The molecule has 30 heavy (non-hydrogen) atoms. The summed E-state index contributed by atoms with van der Waals surface area (Å²) in [4.78, 5) is 14.9. The van der Waals surface area contributed by atoms with Crippen molar-refractivity contribution in [3.05, 3.63) is 77.8 Å². The number of nitrogens with zero attached hydrogens (tertiary/aromatic N) is 2. The van der Waals surface area contributed by atoms with Gasteiger partial charge in [0.2, 0.25) is 5.91 Å². The Morgan fingerprint density at radius 3 is 2.57 bits per heavy atom. The Balaban J connectivity index is 1.23. The molecule has 3 aromatic rings. The van der Waals surface area contributed by atoms with E-state index < -0.39 is 0 Å². The molecule has 0 radical (unpaired) electrons. The standard InChI is InChI=1S/C24H26FN3O2/c25-21-9-6-19(7-10-21)24-20(17-30-27-24)8-11-23(29)26-22-12-14-28(15-13-22)16-18-4-2-1-3-5-18/h1-7,9-10,17,22H,8,11-16H2,(H,26,29). The van der Waals surface area contributed by atoms with Crippen LogP contribution in [0.15, 0.2) is 65.4 Å². The number of nitrogens with one attached hydrogen (secondary N) is 1. The molecule has 0 bridgehead atoms. The Morgan fingerprint density at radius 1 is 1.10 bits per heavy atom. The Hall–Kier alpha value is -2.99. The number of benzene rings is 2. The molecule has 0 aliphatic carbocycles. The Bertz CT molecular complexity index is 948. The number of aromatic nitrogens is 1. The van der Waals surface area contributed by atoms with Gasteiger partial charge in [-0.3, -0.25) is 9.69 Å². The molecule has 1 N–H and O–H groups in total. The molecule has 4 rings (SSSR count). The second-order valence-corrected chi connectivity index (χ2v) is 7.80. The molecular weight excluding hydrogens is 381 g/mol. The third kappa shape index (κ3) is 5.33. The van der Waals surface area contributed by atoms with E-state index in [2.05, 4.69) is 39.6 Å². The number of likely N-dealkylation sites (tertiary alicyclic amines) is 1. The molecule has 1 aromatic heterocycles. The molecule has 2 aromatic carbocycles. The lowest BCUT2D eigenvalue weighted by Crippen LogP contribution is -2.44. The van der Waals surface area contributed by atoms with Crippen molar-refractivity contribution >= 4 is 5.91 Å². The Morgan fingerprint density at radius 2 is 1.83 bits per heavy atom. The van der Waals surface area contributed by atoms with Crippen LogP contribution in [-0.2, 0) is 17.8 Å². The van der Waals surface area contributed by atoms with Crippen LogP contribution in [0.3, 0.4) is 0 Å². The van der Waals surface area contributed by atoms with Crippen molar-refractivity contribution in [1.29, 1.82) is 0 Å². The molecule has 2 heterocycles. The third-order valence-electron chi connectivity index (χ3n) is 5.58. The van der Waals surface area contributed by atoms with Gasteiger partial charge in [-0.2, -0.15) is 0 Å². The van der Waals surface area contributed by atoms with Crippen molar-refractivity contribution < 1.29 is 13.7 Å². The number of carbonyl (C=O) groups excluding carboxylic acids is 1. The SMILES string of the molecule is O=C(CCc1conc1-c1ccc(F)cc1)NC1CCN(Cc2ccccc2)CC1. The van der Waals surface area contributed by atoms with Crippen LogP contribution in [0.2, 0.25) is 0 Å². The predicted molar refractivity (Wildman–Crippen MR) is 113 cm³/mol. The lowest BCUT2D eigenvalue weighted by atomic mass is 10.0. The minimum absolute atomic E-state index is 0.0442. The van der Waals surface area contributed by atoms with Crippen molar-refractivity contribution in [3.63, 3.8) is 0 Å². The van der Waals surface area contributed by atoms with E-state index in [-0.39, 0.29) is 17.8 Å². The molecule has 6 heteroatoms. The molecule has 0 spiro atoms. The first-order valence-corrected chi connectivity index (χ1v) is 10.4. The van der Waals surface area contributed by atoms with Gasteiger partial charge in [0.15, 0.2) is 0 Å². The summed E-state index contributed by atoms with van der Waals surface area (Å²) in [7, 11) is 0. The van der Waals surface area contributed by atoms with E-state index in [1.807, 2.05) is 6.07 Å². The summed E-state index contributed by atoms with van der Waals surface area (Å²) in [6, 6.07) is 16.8. The number of hydrogen-bond donors (Lipinski definition) is 1. The first kappa shape index (κ1) is 20.3. The summed E-state index contributed by atoms with van der Waals surface area (Å²) in [5.41, 5.74) is 3.63. The number of rotatable bonds is 7. The van der Waals surface area contributed by atoms with E-state index in [9.17, 15) is 9.18 Å². The zero-order valence-corrected chi connectivity index (χ0v) is 16.9. The highest BCUT2D eigenvalue weighted by molar-refractivity contribution is 5.77. The second-order valence-electron chi connectivity index (χ2n) is 7.80. The smallest absolute Gasteiger partial charge is 0.220 e. The van der Waals surface area contributed by atoms with Crippen molar-refractivity contribution in [2.75, 3.05) is 13.1 Å². The zero-order chi connectivity index (χ0) is 20.8. The van der Waals surface area contributed by atoms with Crippen LogP contribution in [0.4, 0.5) is 4.39 Å². The lowest BCUT2D eigenvalue weighted by molar-refractivity contribution is -0.122. The lowest BCUT2D eigenvalue weighted by Gasteiger charge is -2.32. The molecule has 0 atom stereocenters.